The van der Waals surface area contributed by atoms with Gasteiger partial charge in [0.2, 0.25) is 0 Å². The second kappa shape index (κ2) is 15.8. The fraction of sp³-hybridized carbons (Fsp3) is 0.643. The molecule has 3 nitrogen and oxygen atoms in total. The van der Waals surface area contributed by atoms with Crippen LogP contribution in [0.25, 0.3) is 11.4 Å². The molecule has 0 aliphatic heterocycles. The first-order valence-electron chi connectivity index (χ1n) is 12.8. The Balaban J connectivity index is 1.65. The number of nitrogens with zero attached hydrogens (tertiary/aromatic N) is 2. The molecule has 31 heavy (non-hydrogen) atoms. The van der Waals surface area contributed by atoms with Crippen LogP contribution in [0.5, 0.6) is 5.75 Å². The van der Waals surface area contributed by atoms with E-state index < -0.39 is 0 Å². The van der Waals surface area contributed by atoms with Crippen molar-refractivity contribution >= 4 is 0 Å². The van der Waals surface area contributed by atoms with E-state index in [2.05, 4.69) is 42.9 Å². The van der Waals surface area contributed by atoms with Crippen molar-refractivity contribution in [1.29, 1.82) is 0 Å². The maximum atomic E-state index is 5.88. The highest BCUT2D eigenvalue weighted by Gasteiger charge is 2.04. The minimum absolute atomic E-state index is 0.791. The number of hydrogen-bond acceptors (Lipinski definition) is 3. The predicted molar refractivity (Wildman–Crippen MR) is 133 cm³/mol. The monoisotopic (exact) mass is 424 g/mol. The largest absolute Gasteiger partial charge is 0.494 e. The summed E-state index contributed by atoms with van der Waals surface area (Å²) in [6.45, 7) is 7.65. The van der Waals surface area contributed by atoms with E-state index in [1.54, 1.807) is 0 Å². The molecule has 0 bridgehead atoms. The third-order valence-electron chi connectivity index (χ3n) is 6.19. The Morgan fingerprint density at radius 3 is 2.06 bits per heavy atom. The molecule has 0 amide bonds. The van der Waals surface area contributed by atoms with Crippen LogP contribution in [0.1, 0.15) is 103 Å². The molecule has 0 spiro atoms. The van der Waals surface area contributed by atoms with Crippen LogP contribution in [0.4, 0.5) is 0 Å². The van der Waals surface area contributed by atoms with Crippen molar-refractivity contribution in [3.8, 4) is 17.1 Å². The van der Waals surface area contributed by atoms with Gasteiger partial charge in [-0.3, -0.25) is 0 Å². The van der Waals surface area contributed by atoms with Crippen LogP contribution in [0.15, 0.2) is 36.7 Å². The number of rotatable bonds is 17. The van der Waals surface area contributed by atoms with Crippen LogP contribution < -0.4 is 4.74 Å². The second-order valence-electron chi connectivity index (χ2n) is 9.02. The number of aryl methyl sites for hydroxylation is 1. The highest BCUT2D eigenvalue weighted by Crippen LogP contribution is 2.20. The van der Waals surface area contributed by atoms with Crippen molar-refractivity contribution in [2.24, 2.45) is 5.92 Å². The quantitative estimate of drug-likeness (QED) is 0.239. The Morgan fingerprint density at radius 2 is 1.42 bits per heavy atom. The molecule has 172 valence electrons. The molecule has 2 aromatic rings. The normalized spacial score (nSPS) is 12.1. The van der Waals surface area contributed by atoms with E-state index in [0.29, 0.717) is 0 Å². The van der Waals surface area contributed by atoms with Crippen LogP contribution in [0, 0.1) is 5.92 Å². The molecule has 1 heterocycles. The van der Waals surface area contributed by atoms with Gasteiger partial charge in [0, 0.05) is 18.0 Å². The average Bonchev–Trinajstić information content (AvgIpc) is 2.81. The lowest BCUT2D eigenvalue weighted by molar-refractivity contribution is 0.300. The molecular weight excluding hydrogens is 380 g/mol. The van der Waals surface area contributed by atoms with Gasteiger partial charge in [0.1, 0.15) is 5.75 Å². The number of benzene rings is 1. The van der Waals surface area contributed by atoms with Crippen molar-refractivity contribution < 1.29 is 4.74 Å². The fourth-order valence-electron chi connectivity index (χ4n) is 3.79. The summed E-state index contributed by atoms with van der Waals surface area (Å²) < 4.78 is 5.88. The molecule has 0 fully saturated rings. The van der Waals surface area contributed by atoms with Gasteiger partial charge in [-0.2, -0.15) is 0 Å². The Bertz CT molecular complexity index is 681. The second-order valence-corrected chi connectivity index (χ2v) is 9.02. The maximum Gasteiger partial charge on any atom is 0.159 e. The molecular formula is C28H44N2O. The van der Waals surface area contributed by atoms with Crippen molar-refractivity contribution in [1.82, 2.24) is 9.97 Å². The third kappa shape index (κ3) is 10.8. The van der Waals surface area contributed by atoms with Crippen molar-refractivity contribution in [2.75, 3.05) is 6.61 Å². The maximum absolute atomic E-state index is 5.88. The first-order chi connectivity index (χ1) is 15.2. The zero-order valence-electron chi connectivity index (χ0n) is 20.2. The number of unbranched alkanes of at least 4 members (excludes halogenated alkanes) is 8. The average molecular weight is 425 g/mol. The van der Waals surface area contributed by atoms with Crippen LogP contribution in [0.3, 0.4) is 0 Å². The minimum Gasteiger partial charge on any atom is -0.494 e. The van der Waals surface area contributed by atoms with Gasteiger partial charge in [-0.15, -0.1) is 0 Å². The topological polar surface area (TPSA) is 35.0 Å². The Morgan fingerprint density at radius 1 is 0.774 bits per heavy atom. The van der Waals surface area contributed by atoms with Gasteiger partial charge in [-0.05, 0) is 61.4 Å². The Hall–Kier alpha value is -1.90. The summed E-state index contributed by atoms with van der Waals surface area (Å²) >= 11 is 0. The number of aromatic nitrogens is 2. The van der Waals surface area contributed by atoms with E-state index >= 15 is 0 Å². The third-order valence-corrected chi connectivity index (χ3v) is 6.19. The van der Waals surface area contributed by atoms with Gasteiger partial charge >= 0.3 is 0 Å². The lowest BCUT2D eigenvalue weighted by Crippen LogP contribution is -1.99. The summed E-state index contributed by atoms with van der Waals surface area (Å²) in [5.41, 5.74) is 2.29. The molecule has 0 aliphatic carbocycles. The molecule has 2 rings (SSSR count). The summed E-state index contributed by atoms with van der Waals surface area (Å²) in [5, 5.41) is 0. The molecule has 0 saturated heterocycles. The molecule has 0 saturated carbocycles. The first-order valence-corrected chi connectivity index (χ1v) is 12.8. The van der Waals surface area contributed by atoms with Crippen LogP contribution in [-0.2, 0) is 6.42 Å². The summed E-state index contributed by atoms with van der Waals surface area (Å²) in [4.78, 5) is 9.17. The molecule has 0 unspecified atom stereocenters. The number of hydrogen-bond donors (Lipinski definition) is 0. The standard InChI is InChI=1S/C28H44N2O/c1-4-6-7-8-9-10-11-12-16-25-22-29-28(30-23-25)26-17-19-27(20-18-26)31-21-14-13-15-24(3)5-2/h17-20,22-24H,4-16,21H2,1-3H3/t24-/m0/s1. The van der Waals surface area contributed by atoms with E-state index in [-0.39, 0.29) is 0 Å². The molecule has 0 radical (unpaired) electrons. The zero-order chi connectivity index (χ0) is 22.2. The molecule has 0 aliphatic rings. The fourth-order valence-corrected chi connectivity index (χ4v) is 3.79. The van der Waals surface area contributed by atoms with Crippen molar-refractivity contribution in [2.45, 2.75) is 104 Å². The lowest BCUT2D eigenvalue weighted by Gasteiger charge is -2.09. The highest BCUT2D eigenvalue weighted by molar-refractivity contribution is 5.55. The van der Waals surface area contributed by atoms with Gasteiger partial charge in [0.05, 0.1) is 6.61 Å². The van der Waals surface area contributed by atoms with Gasteiger partial charge in [0.25, 0.3) is 0 Å². The molecule has 1 atom stereocenters. The van der Waals surface area contributed by atoms with Crippen molar-refractivity contribution in [3.63, 3.8) is 0 Å². The Kier molecular flexibility index (Phi) is 13.0. The van der Waals surface area contributed by atoms with Crippen LogP contribution >= 0.6 is 0 Å². The lowest BCUT2D eigenvalue weighted by atomic mass is 10.0. The highest BCUT2D eigenvalue weighted by atomic mass is 16.5. The molecule has 1 aromatic carbocycles. The van der Waals surface area contributed by atoms with E-state index in [0.717, 1.165) is 42.5 Å². The molecule has 1 aromatic heterocycles. The smallest absolute Gasteiger partial charge is 0.159 e. The van der Waals surface area contributed by atoms with E-state index in [1.165, 1.54) is 76.2 Å². The zero-order valence-corrected chi connectivity index (χ0v) is 20.2. The van der Waals surface area contributed by atoms with Crippen LogP contribution in [-0.4, -0.2) is 16.6 Å². The summed E-state index contributed by atoms with van der Waals surface area (Å²) in [6.07, 6.45) is 20.8. The van der Waals surface area contributed by atoms with Crippen molar-refractivity contribution in [3.05, 3.63) is 42.2 Å². The summed E-state index contributed by atoms with van der Waals surface area (Å²) in [5.74, 6) is 2.55. The number of ether oxygens (including phenoxy) is 1. The van der Waals surface area contributed by atoms with E-state index in [9.17, 15) is 0 Å². The van der Waals surface area contributed by atoms with E-state index in [1.807, 2.05) is 24.5 Å². The first kappa shape index (κ1) is 25.4. The predicted octanol–water partition coefficient (Wildman–Crippen LogP) is 8.42. The van der Waals surface area contributed by atoms with Gasteiger partial charge in [-0.25, -0.2) is 9.97 Å². The molecule has 3 heteroatoms. The Labute approximate surface area is 191 Å². The minimum atomic E-state index is 0.791. The van der Waals surface area contributed by atoms with Gasteiger partial charge < -0.3 is 4.74 Å². The molecule has 0 N–H and O–H groups in total. The van der Waals surface area contributed by atoms with Gasteiger partial charge in [0.15, 0.2) is 5.82 Å². The van der Waals surface area contributed by atoms with E-state index in [4.69, 9.17) is 4.74 Å². The van der Waals surface area contributed by atoms with Crippen LogP contribution in [0.2, 0.25) is 0 Å². The van der Waals surface area contributed by atoms with Gasteiger partial charge in [-0.1, -0.05) is 78.6 Å². The summed E-state index contributed by atoms with van der Waals surface area (Å²) in [6, 6.07) is 8.17. The summed E-state index contributed by atoms with van der Waals surface area (Å²) in [7, 11) is 0. The SMILES string of the molecule is CCCCCCCCCCc1cnc(-c2ccc(OCCCC[C@@H](C)CC)cc2)nc1.